The number of nitrogens with zero attached hydrogens (tertiary/aromatic N) is 3. The van der Waals surface area contributed by atoms with Gasteiger partial charge in [-0.1, -0.05) is 39.0 Å². The quantitative estimate of drug-likeness (QED) is 0.326. The van der Waals surface area contributed by atoms with E-state index in [0.29, 0.717) is 38.6 Å². The molecule has 2 bridgehead atoms. The monoisotopic (exact) mass is 806 g/mol. The maximum atomic E-state index is 14.4. The minimum Gasteiger partial charge on any atom is -0.496 e. The Morgan fingerprint density at radius 2 is 1.70 bits per heavy atom. The fourth-order valence-corrected chi connectivity index (χ4v) is 10.2. The van der Waals surface area contributed by atoms with Gasteiger partial charge in [-0.15, -0.1) is 0 Å². The molecule has 57 heavy (non-hydrogen) atoms. The Labute approximate surface area is 342 Å². The normalized spacial score (nSPS) is 41.6. The van der Waals surface area contributed by atoms with Gasteiger partial charge in [-0.05, 0) is 99.0 Å². The fraction of sp³-hybridized carbons (Fsp3) is 0.841. The summed E-state index contributed by atoms with van der Waals surface area (Å²) in [5.41, 5.74) is -1.52. The zero-order valence-electron chi connectivity index (χ0n) is 36.8. The average Bonchev–Trinajstić information content (AvgIpc) is 3.24. The van der Waals surface area contributed by atoms with E-state index in [4.69, 9.17) is 28.4 Å². The number of aliphatic hydroxyl groups excluding tert-OH is 2. The third-order valence-electron chi connectivity index (χ3n) is 13.7. The Kier molecular flexibility index (Phi) is 15.2. The molecule has 326 valence electrons. The first kappa shape index (κ1) is 46.2. The van der Waals surface area contributed by atoms with Gasteiger partial charge in [0.05, 0.1) is 36.9 Å². The van der Waals surface area contributed by atoms with Crippen LogP contribution in [-0.4, -0.2) is 162 Å². The maximum absolute atomic E-state index is 14.4. The molecule has 4 aliphatic rings. The van der Waals surface area contributed by atoms with Gasteiger partial charge in [-0.3, -0.25) is 4.79 Å². The van der Waals surface area contributed by atoms with Crippen LogP contribution in [0.3, 0.4) is 0 Å². The van der Waals surface area contributed by atoms with E-state index in [1.807, 2.05) is 83.8 Å². The van der Waals surface area contributed by atoms with Gasteiger partial charge < -0.3 is 58.4 Å². The second-order valence-corrected chi connectivity index (χ2v) is 18.6. The summed E-state index contributed by atoms with van der Waals surface area (Å²) in [6.07, 6.45) is -2.10. The molecule has 0 radical (unpaired) electrons. The van der Waals surface area contributed by atoms with Crippen LogP contribution in [0, 0.1) is 17.8 Å². The lowest BCUT2D eigenvalue weighted by Crippen LogP contribution is -2.60. The molecule has 1 spiro atoms. The molecule has 4 fully saturated rings. The predicted molar refractivity (Wildman–Crippen MR) is 218 cm³/mol. The van der Waals surface area contributed by atoms with E-state index >= 15 is 0 Å². The number of rotatable bonds is 8. The third kappa shape index (κ3) is 10.2. The molecular formula is C44H75N3O10. The number of hydrogen-bond acceptors (Lipinski definition) is 13. The lowest BCUT2D eigenvalue weighted by Gasteiger charge is -2.49. The molecule has 4 saturated heterocycles. The van der Waals surface area contributed by atoms with Crippen LogP contribution in [0.1, 0.15) is 93.1 Å². The number of benzene rings is 1. The molecule has 14 atom stereocenters. The van der Waals surface area contributed by atoms with Crippen molar-refractivity contribution in [2.24, 2.45) is 17.8 Å². The van der Waals surface area contributed by atoms with Crippen LogP contribution in [0.4, 0.5) is 0 Å². The van der Waals surface area contributed by atoms with Crippen LogP contribution in [-0.2, 0) is 34.9 Å². The summed E-state index contributed by atoms with van der Waals surface area (Å²) in [6, 6.07) is 7.48. The molecule has 0 saturated carbocycles. The van der Waals surface area contributed by atoms with Crippen molar-refractivity contribution < 1.29 is 48.5 Å². The topological polar surface area (TPSA) is 143 Å². The summed E-state index contributed by atoms with van der Waals surface area (Å²) in [6.45, 7) is 18.3. The standard InChI is InChI=1S/C44H75N3O10/c1-13-35-43(8,51)38(49)31(6)46(11)26-27(2)25-42(7)39(55-41-36(48)33(45(9)10)24-28(3)53-41)29(4)37(30(5)40(50)54-35)56-44(57-42)19-22-47(23-20-44)21-18-32-16-14-15-17-34(32)52-12/h14-17,27-31,33,35-39,41,48-49,51H,13,18-26H2,1-12H3/t27-,28-,29+,30-,31-,33+,35-,36-,37+,38-,39-,41+,42-,43-/m1/s1. The number of carbonyl (C=O) groups is 1. The Hall–Kier alpha value is -1.91. The molecule has 0 aromatic heterocycles. The second-order valence-electron chi connectivity index (χ2n) is 18.6. The molecule has 13 heteroatoms. The molecule has 3 N–H and O–H groups in total. The number of likely N-dealkylation sites (tertiary alicyclic amines) is 1. The molecule has 1 aromatic rings. The van der Waals surface area contributed by atoms with Crippen LogP contribution >= 0.6 is 0 Å². The third-order valence-corrected chi connectivity index (χ3v) is 13.7. The van der Waals surface area contributed by atoms with E-state index in [1.165, 1.54) is 0 Å². The Bertz CT molecular complexity index is 1460. The molecule has 0 unspecified atom stereocenters. The van der Waals surface area contributed by atoms with Gasteiger partial charge in [0.1, 0.15) is 29.7 Å². The van der Waals surface area contributed by atoms with Crippen molar-refractivity contribution in [3.05, 3.63) is 29.8 Å². The molecule has 0 amide bonds. The number of cyclic esters (lactones) is 1. The summed E-state index contributed by atoms with van der Waals surface area (Å²) >= 11 is 0. The van der Waals surface area contributed by atoms with Gasteiger partial charge in [-0.2, -0.15) is 0 Å². The smallest absolute Gasteiger partial charge is 0.311 e. The minimum atomic E-state index is -1.71. The number of ether oxygens (including phenoxy) is 6. The number of para-hydroxylation sites is 1. The van der Waals surface area contributed by atoms with Crippen molar-refractivity contribution >= 4 is 5.97 Å². The van der Waals surface area contributed by atoms with Gasteiger partial charge in [0, 0.05) is 57.0 Å². The Morgan fingerprint density at radius 3 is 2.33 bits per heavy atom. The van der Waals surface area contributed by atoms with Gasteiger partial charge in [-0.25, -0.2) is 0 Å². The SMILES string of the molecule is CC[C@H]1OC(=O)[C@H](C)[C@H]2OC3(CCN(CCc4ccccc4OC)CC3)O[C@](C)(C[C@@H](C)CN(C)[C@H](C)[C@@H](O)[C@]1(C)O)[C@H](O[C@@H]1O[C@H](C)C[C@H](N(C)C)[C@H]1O)[C@H]2C. The number of hydrogen-bond donors (Lipinski definition) is 3. The number of methoxy groups -OCH3 is 1. The van der Waals surface area contributed by atoms with E-state index < -0.39 is 77.6 Å². The highest BCUT2D eigenvalue weighted by Gasteiger charge is 2.58. The number of aliphatic hydroxyl groups is 3. The van der Waals surface area contributed by atoms with Gasteiger partial charge in [0.15, 0.2) is 12.1 Å². The molecule has 4 aliphatic heterocycles. The van der Waals surface area contributed by atoms with Crippen LogP contribution in [0.25, 0.3) is 0 Å². The van der Waals surface area contributed by atoms with Crippen molar-refractivity contribution in [1.82, 2.24) is 14.7 Å². The first-order chi connectivity index (χ1) is 26.8. The summed E-state index contributed by atoms with van der Waals surface area (Å²) in [5, 5.41) is 35.1. The highest BCUT2D eigenvalue weighted by molar-refractivity contribution is 5.73. The highest BCUT2D eigenvalue weighted by atomic mass is 16.7. The first-order valence-corrected chi connectivity index (χ1v) is 21.4. The lowest BCUT2D eigenvalue weighted by atomic mass is 9.78. The predicted octanol–water partition coefficient (Wildman–Crippen LogP) is 4.08. The minimum absolute atomic E-state index is 0.0282. The van der Waals surface area contributed by atoms with E-state index in [-0.39, 0.29) is 18.1 Å². The van der Waals surface area contributed by atoms with Gasteiger partial charge >= 0.3 is 5.97 Å². The molecule has 4 heterocycles. The molecule has 13 nitrogen and oxygen atoms in total. The van der Waals surface area contributed by atoms with Crippen molar-refractivity contribution in [3.63, 3.8) is 0 Å². The van der Waals surface area contributed by atoms with E-state index in [1.54, 1.807) is 14.0 Å². The van der Waals surface area contributed by atoms with Crippen LogP contribution in [0.15, 0.2) is 24.3 Å². The van der Waals surface area contributed by atoms with Gasteiger partial charge in [0.25, 0.3) is 0 Å². The van der Waals surface area contributed by atoms with Gasteiger partial charge in [0.2, 0.25) is 0 Å². The molecule has 0 aliphatic carbocycles. The number of carbonyl (C=O) groups excluding carboxylic acids is 1. The summed E-state index contributed by atoms with van der Waals surface area (Å²) in [5.74, 6) is -1.89. The second kappa shape index (κ2) is 18.8. The molecule has 1 aromatic carbocycles. The van der Waals surface area contributed by atoms with Crippen LogP contribution in [0.2, 0.25) is 0 Å². The average molecular weight is 806 g/mol. The Morgan fingerprint density at radius 1 is 1.04 bits per heavy atom. The molecular weight excluding hydrogens is 730 g/mol. The summed E-state index contributed by atoms with van der Waals surface area (Å²) in [4.78, 5) is 20.9. The number of esters is 1. The highest BCUT2D eigenvalue weighted by Crippen LogP contribution is 2.48. The van der Waals surface area contributed by atoms with E-state index in [9.17, 15) is 20.1 Å². The molecule has 5 rings (SSSR count). The maximum Gasteiger partial charge on any atom is 0.311 e. The Balaban J connectivity index is 1.55. The van der Waals surface area contributed by atoms with Crippen molar-refractivity contribution in [3.8, 4) is 5.75 Å². The fourth-order valence-electron chi connectivity index (χ4n) is 10.2. The zero-order chi connectivity index (χ0) is 42.0. The largest absolute Gasteiger partial charge is 0.496 e. The number of fused-ring (bicyclic) bond motifs is 3. The number of likely N-dealkylation sites (N-methyl/N-ethyl adjacent to an activating group) is 2. The summed E-state index contributed by atoms with van der Waals surface area (Å²) in [7, 11) is 7.56. The van der Waals surface area contributed by atoms with Crippen molar-refractivity contribution in [2.45, 2.75) is 166 Å². The van der Waals surface area contributed by atoms with Crippen molar-refractivity contribution in [1.29, 1.82) is 0 Å². The lowest BCUT2D eigenvalue weighted by molar-refractivity contribution is -0.332. The van der Waals surface area contributed by atoms with Crippen LogP contribution in [0.5, 0.6) is 5.75 Å². The van der Waals surface area contributed by atoms with Crippen LogP contribution < -0.4 is 4.74 Å². The summed E-state index contributed by atoms with van der Waals surface area (Å²) < 4.78 is 40.0. The zero-order valence-corrected chi connectivity index (χ0v) is 36.8. The van der Waals surface area contributed by atoms with Crippen molar-refractivity contribution in [2.75, 3.05) is 54.4 Å². The number of piperidine rings is 1. The first-order valence-electron chi connectivity index (χ1n) is 21.4. The van der Waals surface area contributed by atoms with E-state index in [0.717, 1.165) is 37.4 Å². The van der Waals surface area contributed by atoms with E-state index in [2.05, 4.69) is 24.8 Å².